The van der Waals surface area contributed by atoms with Gasteiger partial charge < -0.3 is 4.90 Å². The molecule has 1 saturated carbocycles. The lowest BCUT2D eigenvalue weighted by molar-refractivity contribution is 0.317. The van der Waals surface area contributed by atoms with E-state index in [4.69, 9.17) is 0 Å². The number of hydrogen-bond donors (Lipinski definition) is 0. The van der Waals surface area contributed by atoms with Gasteiger partial charge >= 0.3 is 0 Å². The Morgan fingerprint density at radius 2 is 1.39 bits per heavy atom. The lowest BCUT2D eigenvalue weighted by Crippen LogP contribution is -2.22. The van der Waals surface area contributed by atoms with E-state index in [1.165, 1.54) is 86.6 Å². The van der Waals surface area contributed by atoms with Gasteiger partial charge in [-0.3, -0.25) is 0 Å². The van der Waals surface area contributed by atoms with Gasteiger partial charge in [0.25, 0.3) is 0 Å². The summed E-state index contributed by atoms with van der Waals surface area (Å²) in [7, 11) is 0. The zero-order chi connectivity index (χ0) is 36.1. The van der Waals surface area contributed by atoms with Crippen LogP contribution in [0.25, 0.3) is 52.8 Å². The molecule has 0 N–H and O–H groups in total. The summed E-state index contributed by atoms with van der Waals surface area (Å²) in [6, 6.07) is 41.4. The van der Waals surface area contributed by atoms with Crippen molar-refractivity contribution in [1.29, 1.82) is 0 Å². The number of rotatable bonds is 3. The smallest absolute Gasteiger partial charge is 0.0546 e. The molecule has 7 aromatic rings. The minimum Gasteiger partial charge on any atom is -0.310 e. The van der Waals surface area contributed by atoms with Crippen LogP contribution in [0.2, 0.25) is 0 Å². The lowest BCUT2D eigenvalue weighted by atomic mass is 9.75. The van der Waals surface area contributed by atoms with Crippen LogP contribution in [-0.2, 0) is 5.41 Å². The van der Waals surface area contributed by atoms with E-state index >= 15 is 0 Å². The summed E-state index contributed by atoms with van der Waals surface area (Å²) in [6.07, 6.45) is 17.2. The normalized spacial score (nSPS) is 23.7. The zero-order valence-electron chi connectivity index (χ0n) is 31.1. The van der Waals surface area contributed by atoms with Gasteiger partial charge in [-0.05, 0) is 98.0 Å². The molecule has 12 rings (SSSR count). The molecule has 6 aromatic carbocycles. The second-order valence-corrected chi connectivity index (χ2v) is 18.3. The van der Waals surface area contributed by atoms with Crippen LogP contribution in [0.1, 0.15) is 38.8 Å². The van der Waals surface area contributed by atoms with Crippen molar-refractivity contribution in [3.63, 3.8) is 0 Å². The van der Waals surface area contributed by atoms with Gasteiger partial charge in [-0.1, -0.05) is 149 Å². The maximum absolute atomic E-state index is 2.61. The Balaban J connectivity index is 1.14. The highest BCUT2D eigenvalue weighted by Crippen LogP contribution is 2.64. The Morgan fingerprint density at radius 1 is 0.648 bits per heavy atom. The number of nitrogens with zero attached hydrogens (tertiary/aromatic N) is 1. The molecule has 0 spiro atoms. The third-order valence-corrected chi connectivity index (χ3v) is 15.1. The quantitative estimate of drug-likeness (QED) is 0.165. The largest absolute Gasteiger partial charge is 0.310 e. The first-order valence-electron chi connectivity index (χ1n) is 19.6. The van der Waals surface area contributed by atoms with Gasteiger partial charge in [-0.15, -0.1) is 11.3 Å². The predicted octanol–water partition coefficient (Wildman–Crippen LogP) is 14.2. The van der Waals surface area contributed by atoms with Gasteiger partial charge in [0, 0.05) is 53.8 Å². The molecular weight excluding hydrogens is 671 g/mol. The van der Waals surface area contributed by atoms with Crippen LogP contribution >= 0.6 is 11.3 Å². The molecule has 260 valence electrons. The molecule has 0 radical (unpaired) electrons. The summed E-state index contributed by atoms with van der Waals surface area (Å²) in [5.41, 5.74) is 12.3. The summed E-state index contributed by atoms with van der Waals surface area (Å²) in [4.78, 5) is 2.61. The fourth-order valence-electron chi connectivity index (χ4n) is 11.1. The molecule has 0 bridgehead atoms. The first-order chi connectivity index (χ1) is 26.3. The van der Waals surface area contributed by atoms with Gasteiger partial charge in [-0.25, -0.2) is 0 Å². The van der Waals surface area contributed by atoms with Crippen molar-refractivity contribution < 1.29 is 0 Å². The second-order valence-electron chi connectivity index (χ2n) is 17.3. The average molecular weight is 712 g/mol. The molecule has 4 atom stereocenters. The summed E-state index contributed by atoms with van der Waals surface area (Å²) in [5.74, 6) is 2.04. The van der Waals surface area contributed by atoms with E-state index < -0.39 is 0 Å². The maximum atomic E-state index is 2.61. The molecule has 54 heavy (non-hydrogen) atoms. The summed E-state index contributed by atoms with van der Waals surface area (Å²) < 4.78 is 2.76. The molecule has 0 amide bonds. The third kappa shape index (κ3) is 4.05. The number of thiophene rings is 1. The van der Waals surface area contributed by atoms with E-state index in [9.17, 15) is 0 Å². The first-order valence-corrected chi connectivity index (χ1v) is 20.4. The summed E-state index contributed by atoms with van der Waals surface area (Å²) in [5, 5.41) is 7.85. The van der Waals surface area contributed by atoms with E-state index in [1.807, 2.05) is 11.3 Å². The average Bonchev–Trinajstić information content (AvgIpc) is 3.74. The maximum Gasteiger partial charge on any atom is 0.0546 e. The number of benzene rings is 6. The van der Waals surface area contributed by atoms with Crippen molar-refractivity contribution in [3.05, 3.63) is 180 Å². The van der Waals surface area contributed by atoms with Crippen LogP contribution in [-0.4, -0.2) is 0 Å². The molecule has 1 heterocycles. The molecule has 1 aromatic heterocycles. The zero-order valence-corrected chi connectivity index (χ0v) is 31.9. The molecule has 4 unspecified atom stereocenters. The number of allylic oxidation sites excluding steroid dienone is 9. The van der Waals surface area contributed by atoms with E-state index in [1.54, 1.807) is 5.57 Å². The van der Waals surface area contributed by atoms with Crippen molar-refractivity contribution >= 4 is 64.4 Å². The van der Waals surface area contributed by atoms with Crippen LogP contribution in [0.3, 0.4) is 0 Å². The van der Waals surface area contributed by atoms with Crippen molar-refractivity contribution in [2.45, 2.75) is 33.1 Å². The predicted molar refractivity (Wildman–Crippen MR) is 231 cm³/mol. The standard InChI is InChI=1S/C52H41NS/c1-51(2)43-23-21-32(28-41(43)49-44(51)24-22-38-37-17-10-12-20-47(37)54-50(38)49)53(46-27-30-13-5-6-14-34(30)35-15-7-8-16-36(35)46)33-25-31-26-40(31)48-39-18-9-11-19-42(39)52(3,4)45(48)29-33/h5-29,39-40,42,48H,1-4H3. The molecule has 1 nitrogen and oxygen atoms in total. The van der Waals surface area contributed by atoms with Crippen LogP contribution in [0.15, 0.2) is 169 Å². The number of fused-ring (bicyclic) bond motifs is 15. The Bertz CT molecular complexity index is 2970. The van der Waals surface area contributed by atoms with E-state index in [2.05, 4.69) is 184 Å². The first kappa shape index (κ1) is 31.0. The van der Waals surface area contributed by atoms with E-state index in [0.717, 1.165) is 0 Å². The summed E-state index contributed by atoms with van der Waals surface area (Å²) >= 11 is 1.95. The number of anilines is 2. The molecule has 2 heteroatoms. The van der Waals surface area contributed by atoms with E-state index in [-0.39, 0.29) is 10.8 Å². The van der Waals surface area contributed by atoms with Gasteiger partial charge in [-0.2, -0.15) is 0 Å². The number of hydrogen-bond acceptors (Lipinski definition) is 2. The summed E-state index contributed by atoms with van der Waals surface area (Å²) in [6.45, 7) is 9.80. The Labute approximate surface area is 320 Å². The van der Waals surface area contributed by atoms with Crippen LogP contribution in [0.4, 0.5) is 11.4 Å². The van der Waals surface area contributed by atoms with Crippen LogP contribution < -0.4 is 4.90 Å². The Morgan fingerprint density at radius 3 is 2.26 bits per heavy atom. The van der Waals surface area contributed by atoms with Gasteiger partial charge in [0.2, 0.25) is 0 Å². The SMILES string of the molecule is CC1(C)c2ccc(N(C3=CC4=CC4C4C(=C3)C(C)(C)C3C=CC=CC43)c3cc4ccccc4c4ccccc34)cc2-c2c1ccc1c2sc2ccccc21. The highest BCUT2D eigenvalue weighted by molar-refractivity contribution is 7.26. The van der Waals surface area contributed by atoms with Crippen LogP contribution in [0.5, 0.6) is 0 Å². The third-order valence-electron chi connectivity index (χ3n) is 13.9. The molecule has 0 saturated heterocycles. The molecular formula is C52H41NS. The van der Waals surface area contributed by atoms with Gasteiger partial charge in [0.15, 0.2) is 0 Å². The minimum absolute atomic E-state index is 0.0480. The molecule has 5 aliphatic rings. The van der Waals surface area contributed by atoms with Crippen LogP contribution in [0, 0.1) is 29.1 Å². The topological polar surface area (TPSA) is 3.24 Å². The fraction of sp³-hybridized carbons (Fsp3) is 0.192. The fourth-order valence-corrected chi connectivity index (χ4v) is 12.4. The van der Waals surface area contributed by atoms with Crippen molar-refractivity contribution in [1.82, 2.24) is 0 Å². The second kappa shape index (κ2) is 10.6. The minimum atomic E-state index is -0.0952. The van der Waals surface area contributed by atoms with Gasteiger partial charge in [0.1, 0.15) is 0 Å². The molecule has 1 fully saturated rings. The van der Waals surface area contributed by atoms with Crippen molar-refractivity contribution in [2.24, 2.45) is 29.1 Å². The van der Waals surface area contributed by atoms with Crippen molar-refractivity contribution in [3.8, 4) is 11.1 Å². The highest BCUT2D eigenvalue weighted by atomic mass is 32.1. The lowest BCUT2D eigenvalue weighted by Gasteiger charge is -2.32. The van der Waals surface area contributed by atoms with Crippen molar-refractivity contribution in [2.75, 3.05) is 4.90 Å². The van der Waals surface area contributed by atoms with Gasteiger partial charge in [0.05, 0.1) is 5.69 Å². The highest BCUT2D eigenvalue weighted by Gasteiger charge is 2.55. The van der Waals surface area contributed by atoms with E-state index in [0.29, 0.717) is 23.7 Å². The Kier molecular flexibility index (Phi) is 6.09. The monoisotopic (exact) mass is 711 g/mol. The Hall–Kier alpha value is -5.44. The molecule has 5 aliphatic carbocycles. The molecule has 0 aliphatic heterocycles.